The van der Waals surface area contributed by atoms with Gasteiger partial charge in [-0.2, -0.15) is 0 Å². The molecule has 1 heterocycles. The monoisotopic (exact) mass is 231 g/mol. The number of aryl methyl sites for hydroxylation is 1. The molecule has 0 atom stereocenters. The highest BCUT2D eigenvalue weighted by atomic mass is 16.5. The second-order valence-corrected chi connectivity index (χ2v) is 3.91. The number of benzene rings is 1. The van der Waals surface area contributed by atoms with Crippen LogP contribution in [0.1, 0.15) is 12.7 Å². The van der Waals surface area contributed by atoms with Crippen LogP contribution < -0.4 is 10.5 Å². The zero-order chi connectivity index (χ0) is 12.4. The minimum atomic E-state index is 0.690. The molecule has 0 saturated heterocycles. The van der Waals surface area contributed by atoms with Gasteiger partial charge in [0.05, 0.1) is 7.11 Å². The number of hydrogen-bond acceptors (Lipinski definition) is 3. The first-order valence-corrected chi connectivity index (χ1v) is 5.62. The maximum atomic E-state index is 6.06. The average Bonchev–Trinajstić information content (AvgIpc) is 2.66. The number of ether oxygens (including phenoxy) is 1. The Hall–Kier alpha value is -1.97. The molecule has 2 N–H and O–H groups in total. The summed E-state index contributed by atoms with van der Waals surface area (Å²) < 4.78 is 7.13. The second kappa shape index (κ2) is 4.49. The molecule has 17 heavy (non-hydrogen) atoms. The van der Waals surface area contributed by atoms with Crippen molar-refractivity contribution >= 4 is 5.82 Å². The molecular weight excluding hydrogens is 214 g/mol. The summed E-state index contributed by atoms with van der Waals surface area (Å²) >= 11 is 0. The van der Waals surface area contributed by atoms with Crippen molar-refractivity contribution in [1.29, 1.82) is 0 Å². The van der Waals surface area contributed by atoms with Gasteiger partial charge < -0.3 is 15.0 Å². The Morgan fingerprint density at radius 1 is 1.41 bits per heavy atom. The van der Waals surface area contributed by atoms with Crippen LogP contribution in [-0.4, -0.2) is 16.7 Å². The van der Waals surface area contributed by atoms with Crippen molar-refractivity contribution in [2.75, 3.05) is 12.8 Å². The summed E-state index contributed by atoms with van der Waals surface area (Å²) in [5.74, 6) is 2.49. The zero-order valence-electron chi connectivity index (χ0n) is 10.4. The van der Waals surface area contributed by atoms with Gasteiger partial charge in [0.2, 0.25) is 0 Å². The minimum absolute atomic E-state index is 0.690. The van der Waals surface area contributed by atoms with Gasteiger partial charge in [-0.15, -0.1) is 0 Å². The number of nitrogens with zero attached hydrogens (tertiary/aromatic N) is 2. The number of methoxy groups -OCH3 is 1. The van der Waals surface area contributed by atoms with E-state index >= 15 is 0 Å². The van der Waals surface area contributed by atoms with Gasteiger partial charge in [-0.25, -0.2) is 4.98 Å². The third-order valence-corrected chi connectivity index (χ3v) is 2.89. The summed E-state index contributed by atoms with van der Waals surface area (Å²) in [6.07, 6.45) is 0.866. The van der Waals surface area contributed by atoms with E-state index in [-0.39, 0.29) is 0 Å². The number of nitrogens with two attached hydrogens (primary N) is 1. The predicted molar refractivity (Wildman–Crippen MR) is 69.0 cm³/mol. The topological polar surface area (TPSA) is 53.1 Å². The SMILES string of the molecule is CCc1nc(-c2cccc(OC)c2)c(N)n1C. The first kappa shape index (κ1) is 11.5. The lowest BCUT2D eigenvalue weighted by Crippen LogP contribution is -2.00. The lowest BCUT2D eigenvalue weighted by atomic mass is 10.1. The smallest absolute Gasteiger partial charge is 0.131 e. The Kier molecular flexibility index (Phi) is 3.04. The molecule has 2 rings (SSSR count). The highest BCUT2D eigenvalue weighted by molar-refractivity contribution is 5.72. The van der Waals surface area contributed by atoms with E-state index in [1.807, 2.05) is 35.9 Å². The molecule has 0 aliphatic carbocycles. The number of anilines is 1. The summed E-state index contributed by atoms with van der Waals surface area (Å²) in [5, 5.41) is 0. The molecule has 0 saturated carbocycles. The van der Waals surface area contributed by atoms with E-state index in [0.29, 0.717) is 5.82 Å². The van der Waals surface area contributed by atoms with Gasteiger partial charge in [0.15, 0.2) is 0 Å². The second-order valence-electron chi connectivity index (χ2n) is 3.91. The fourth-order valence-electron chi connectivity index (χ4n) is 1.86. The van der Waals surface area contributed by atoms with Gasteiger partial charge in [-0.05, 0) is 12.1 Å². The molecule has 1 aromatic heterocycles. The Balaban J connectivity index is 2.52. The van der Waals surface area contributed by atoms with Gasteiger partial charge >= 0.3 is 0 Å². The number of imidazole rings is 1. The average molecular weight is 231 g/mol. The number of rotatable bonds is 3. The molecule has 0 aliphatic rings. The van der Waals surface area contributed by atoms with Crippen molar-refractivity contribution in [3.05, 3.63) is 30.1 Å². The molecule has 1 aromatic carbocycles. The largest absolute Gasteiger partial charge is 0.497 e. The van der Waals surface area contributed by atoms with E-state index < -0.39 is 0 Å². The van der Waals surface area contributed by atoms with Crippen LogP contribution in [0.2, 0.25) is 0 Å². The van der Waals surface area contributed by atoms with Crippen LogP contribution in [0, 0.1) is 0 Å². The first-order valence-electron chi connectivity index (χ1n) is 5.62. The summed E-state index contributed by atoms with van der Waals surface area (Å²) in [6, 6.07) is 7.77. The van der Waals surface area contributed by atoms with E-state index in [1.54, 1.807) is 7.11 Å². The van der Waals surface area contributed by atoms with Gasteiger partial charge in [0, 0.05) is 19.0 Å². The van der Waals surface area contributed by atoms with Crippen molar-refractivity contribution in [3.63, 3.8) is 0 Å². The Bertz CT molecular complexity index is 531. The van der Waals surface area contributed by atoms with Gasteiger partial charge in [-0.3, -0.25) is 0 Å². The van der Waals surface area contributed by atoms with Crippen LogP contribution in [0.5, 0.6) is 5.75 Å². The molecular formula is C13H17N3O. The molecule has 0 aliphatic heterocycles. The Labute approximate surface area is 101 Å². The van der Waals surface area contributed by atoms with Crippen LogP contribution in [-0.2, 0) is 13.5 Å². The molecule has 0 radical (unpaired) electrons. The quantitative estimate of drug-likeness (QED) is 0.881. The molecule has 0 spiro atoms. The molecule has 0 unspecified atom stereocenters. The maximum Gasteiger partial charge on any atom is 0.131 e. The number of aromatic nitrogens is 2. The highest BCUT2D eigenvalue weighted by Gasteiger charge is 2.12. The fraction of sp³-hybridized carbons (Fsp3) is 0.308. The van der Waals surface area contributed by atoms with Crippen molar-refractivity contribution in [3.8, 4) is 17.0 Å². The van der Waals surface area contributed by atoms with E-state index in [4.69, 9.17) is 10.5 Å². The lowest BCUT2D eigenvalue weighted by Gasteiger charge is -2.03. The van der Waals surface area contributed by atoms with E-state index in [9.17, 15) is 0 Å². The predicted octanol–water partition coefficient (Wildman–Crippen LogP) is 2.24. The summed E-state index contributed by atoms with van der Waals surface area (Å²) in [6.45, 7) is 2.07. The van der Waals surface area contributed by atoms with Crippen molar-refractivity contribution in [2.45, 2.75) is 13.3 Å². The van der Waals surface area contributed by atoms with Crippen molar-refractivity contribution in [2.24, 2.45) is 7.05 Å². The number of nitrogen functional groups attached to an aromatic ring is 1. The van der Waals surface area contributed by atoms with Crippen LogP contribution in [0.3, 0.4) is 0 Å². The van der Waals surface area contributed by atoms with Crippen LogP contribution >= 0.6 is 0 Å². The fourth-order valence-corrected chi connectivity index (χ4v) is 1.86. The zero-order valence-corrected chi connectivity index (χ0v) is 10.4. The van der Waals surface area contributed by atoms with Gasteiger partial charge in [-0.1, -0.05) is 19.1 Å². The van der Waals surface area contributed by atoms with E-state index in [2.05, 4.69) is 11.9 Å². The normalized spacial score (nSPS) is 10.5. The third kappa shape index (κ3) is 1.98. The molecule has 4 heteroatoms. The summed E-state index contributed by atoms with van der Waals surface area (Å²) in [5.41, 5.74) is 7.87. The van der Waals surface area contributed by atoms with E-state index in [0.717, 1.165) is 29.3 Å². The molecule has 2 aromatic rings. The third-order valence-electron chi connectivity index (χ3n) is 2.89. The van der Waals surface area contributed by atoms with Crippen LogP contribution in [0.4, 0.5) is 5.82 Å². The summed E-state index contributed by atoms with van der Waals surface area (Å²) in [7, 11) is 3.59. The van der Waals surface area contributed by atoms with Crippen molar-refractivity contribution in [1.82, 2.24) is 9.55 Å². The highest BCUT2D eigenvalue weighted by Crippen LogP contribution is 2.28. The van der Waals surface area contributed by atoms with Crippen LogP contribution in [0.15, 0.2) is 24.3 Å². The van der Waals surface area contributed by atoms with Crippen molar-refractivity contribution < 1.29 is 4.74 Å². The number of hydrogen-bond donors (Lipinski definition) is 1. The minimum Gasteiger partial charge on any atom is -0.497 e. The summed E-state index contributed by atoms with van der Waals surface area (Å²) in [4.78, 5) is 4.56. The molecule has 4 nitrogen and oxygen atoms in total. The first-order chi connectivity index (χ1) is 8.17. The molecule has 0 amide bonds. The Morgan fingerprint density at radius 3 is 2.76 bits per heavy atom. The molecule has 0 fully saturated rings. The van der Waals surface area contributed by atoms with E-state index in [1.165, 1.54) is 0 Å². The molecule has 90 valence electrons. The van der Waals surface area contributed by atoms with Gasteiger partial charge in [0.25, 0.3) is 0 Å². The molecule has 0 bridgehead atoms. The van der Waals surface area contributed by atoms with Gasteiger partial charge in [0.1, 0.15) is 23.1 Å². The Morgan fingerprint density at radius 2 is 2.18 bits per heavy atom. The standard InChI is InChI=1S/C13H17N3O/c1-4-11-15-12(13(14)16(11)2)9-6-5-7-10(8-9)17-3/h5-8H,4,14H2,1-3H3. The lowest BCUT2D eigenvalue weighted by molar-refractivity contribution is 0.415. The van der Waals surface area contributed by atoms with Crippen LogP contribution in [0.25, 0.3) is 11.3 Å². The maximum absolute atomic E-state index is 6.06.